The molecule has 3 rings (SSSR count). The molecular formula is C12H12N2O2. The molecule has 1 N–H and O–H groups in total. The summed E-state index contributed by atoms with van der Waals surface area (Å²) in [5.41, 5.74) is 1.18. The van der Waals surface area contributed by atoms with Gasteiger partial charge in [0, 0.05) is 12.1 Å². The third-order valence-corrected chi connectivity index (χ3v) is 3.28. The molecule has 0 unspecified atom stereocenters. The lowest BCUT2D eigenvalue weighted by Crippen LogP contribution is -2.12. The van der Waals surface area contributed by atoms with Crippen molar-refractivity contribution in [3.05, 3.63) is 35.9 Å². The van der Waals surface area contributed by atoms with Gasteiger partial charge < -0.3 is 9.51 Å². The molecule has 16 heavy (non-hydrogen) atoms. The Morgan fingerprint density at radius 2 is 2.31 bits per heavy atom. The molecule has 1 fully saturated rings. The monoisotopic (exact) mass is 216 g/mol. The summed E-state index contributed by atoms with van der Waals surface area (Å²) < 4.78 is 2.00. The Morgan fingerprint density at radius 1 is 1.50 bits per heavy atom. The molecule has 2 aromatic heterocycles. The Morgan fingerprint density at radius 3 is 2.94 bits per heavy atom. The van der Waals surface area contributed by atoms with Crippen molar-refractivity contribution in [1.29, 1.82) is 0 Å². The number of hydrogen-bond acceptors (Lipinski definition) is 2. The fraction of sp³-hybridized carbons (Fsp3) is 0.333. The molecule has 0 amide bonds. The minimum atomic E-state index is -0.895. The molecule has 0 aliphatic heterocycles. The van der Waals surface area contributed by atoms with E-state index in [-0.39, 0.29) is 0 Å². The lowest BCUT2D eigenvalue weighted by Gasteiger charge is -2.23. The van der Waals surface area contributed by atoms with Gasteiger partial charge in [-0.3, -0.25) is 0 Å². The van der Waals surface area contributed by atoms with Crippen LogP contribution in [0.3, 0.4) is 0 Å². The Bertz CT molecular complexity index is 555. The molecule has 1 saturated carbocycles. The number of imidazole rings is 1. The molecule has 1 aliphatic rings. The maximum Gasteiger partial charge on any atom is 0.335 e. The lowest BCUT2D eigenvalue weighted by molar-refractivity contribution is 0.0697. The van der Waals surface area contributed by atoms with Crippen LogP contribution >= 0.6 is 0 Å². The van der Waals surface area contributed by atoms with Gasteiger partial charge in [0.25, 0.3) is 0 Å². The molecule has 0 aromatic carbocycles. The van der Waals surface area contributed by atoms with Crippen molar-refractivity contribution in [2.45, 2.75) is 25.2 Å². The number of carbonyl (C=O) groups is 1. The highest BCUT2D eigenvalue weighted by molar-refractivity contribution is 5.88. The topological polar surface area (TPSA) is 54.6 Å². The SMILES string of the molecule is O=C(O)c1ccn2c(C3CCC3)ncc2c1. The van der Waals surface area contributed by atoms with Crippen LogP contribution < -0.4 is 0 Å². The summed E-state index contributed by atoms with van der Waals surface area (Å²) in [6.07, 6.45) is 7.21. The predicted octanol–water partition coefficient (Wildman–Crippen LogP) is 2.30. The fourth-order valence-corrected chi connectivity index (χ4v) is 2.12. The van der Waals surface area contributed by atoms with Crippen molar-refractivity contribution in [1.82, 2.24) is 9.38 Å². The minimum absolute atomic E-state index is 0.313. The van der Waals surface area contributed by atoms with E-state index in [0.29, 0.717) is 11.5 Å². The van der Waals surface area contributed by atoms with E-state index >= 15 is 0 Å². The number of fused-ring (bicyclic) bond motifs is 1. The van der Waals surface area contributed by atoms with Crippen LogP contribution in [0.2, 0.25) is 0 Å². The highest BCUT2D eigenvalue weighted by Crippen LogP contribution is 2.35. The number of carboxylic acid groups (broad SMARTS) is 1. The first-order chi connectivity index (χ1) is 7.75. The summed E-state index contributed by atoms with van der Waals surface area (Å²) in [7, 11) is 0. The standard InChI is InChI=1S/C12H12N2O2/c15-12(16)9-4-5-14-10(6-9)7-13-11(14)8-2-1-3-8/h4-8H,1-3H2,(H,15,16). The first kappa shape index (κ1) is 9.39. The number of pyridine rings is 1. The Balaban J connectivity index is 2.10. The second-order valence-electron chi connectivity index (χ2n) is 4.26. The molecule has 82 valence electrons. The molecular weight excluding hydrogens is 204 g/mol. The fourth-order valence-electron chi connectivity index (χ4n) is 2.12. The molecule has 1 aliphatic carbocycles. The van der Waals surface area contributed by atoms with E-state index in [1.54, 1.807) is 24.5 Å². The van der Waals surface area contributed by atoms with Crippen molar-refractivity contribution < 1.29 is 9.90 Å². The van der Waals surface area contributed by atoms with Crippen LogP contribution in [0.15, 0.2) is 24.5 Å². The number of aromatic carboxylic acids is 1. The second-order valence-corrected chi connectivity index (χ2v) is 4.26. The van der Waals surface area contributed by atoms with Crippen LogP contribution in [-0.2, 0) is 0 Å². The van der Waals surface area contributed by atoms with Crippen molar-refractivity contribution >= 4 is 11.5 Å². The third kappa shape index (κ3) is 1.30. The quantitative estimate of drug-likeness (QED) is 0.838. The molecule has 4 heteroatoms. The maximum atomic E-state index is 10.8. The van der Waals surface area contributed by atoms with E-state index in [1.165, 1.54) is 19.3 Å². The van der Waals surface area contributed by atoms with Crippen LogP contribution in [0.25, 0.3) is 5.52 Å². The van der Waals surface area contributed by atoms with Gasteiger partial charge in [0.15, 0.2) is 0 Å². The van der Waals surface area contributed by atoms with Gasteiger partial charge >= 0.3 is 5.97 Å². The molecule has 0 bridgehead atoms. The minimum Gasteiger partial charge on any atom is -0.478 e. The van der Waals surface area contributed by atoms with E-state index < -0.39 is 5.97 Å². The van der Waals surface area contributed by atoms with Gasteiger partial charge in [-0.25, -0.2) is 9.78 Å². The second kappa shape index (κ2) is 3.33. The zero-order valence-electron chi connectivity index (χ0n) is 8.76. The van der Waals surface area contributed by atoms with Crippen molar-refractivity contribution in [2.24, 2.45) is 0 Å². The summed E-state index contributed by atoms with van der Waals surface area (Å²) in [5, 5.41) is 8.89. The van der Waals surface area contributed by atoms with Gasteiger partial charge in [-0.2, -0.15) is 0 Å². The van der Waals surface area contributed by atoms with Gasteiger partial charge in [-0.15, -0.1) is 0 Å². The van der Waals surface area contributed by atoms with E-state index in [4.69, 9.17) is 5.11 Å². The summed E-state index contributed by atoms with van der Waals surface area (Å²) in [6.45, 7) is 0. The highest BCUT2D eigenvalue weighted by Gasteiger charge is 2.23. The first-order valence-corrected chi connectivity index (χ1v) is 5.46. The van der Waals surface area contributed by atoms with Crippen molar-refractivity contribution in [2.75, 3.05) is 0 Å². The lowest BCUT2D eigenvalue weighted by atomic mass is 9.85. The number of aromatic nitrogens is 2. The summed E-state index contributed by atoms with van der Waals surface area (Å²) >= 11 is 0. The number of carboxylic acids is 1. The summed E-state index contributed by atoms with van der Waals surface area (Å²) in [4.78, 5) is 15.2. The number of rotatable bonds is 2. The van der Waals surface area contributed by atoms with E-state index in [2.05, 4.69) is 4.98 Å². The van der Waals surface area contributed by atoms with Crippen molar-refractivity contribution in [3.63, 3.8) is 0 Å². The van der Waals surface area contributed by atoms with E-state index in [9.17, 15) is 4.79 Å². The van der Waals surface area contributed by atoms with Gasteiger partial charge in [-0.05, 0) is 25.0 Å². The highest BCUT2D eigenvalue weighted by atomic mass is 16.4. The van der Waals surface area contributed by atoms with Crippen LogP contribution in [-0.4, -0.2) is 20.5 Å². The molecule has 0 atom stereocenters. The largest absolute Gasteiger partial charge is 0.478 e. The normalized spacial score (nSPS) is 16.2. The molecule has 0 saturated heterocycles. The molecule has 0 radical (unpaired) electrons. The molecule has 2 heterocycles. The van der Waals surface area contributed by atoms with Gasteiger partial charge in [0.05, 0.1) is 17.3 Å². The number of nitrogens with zero attached hydrogens (tertiary/aromatic N) is 2. The first-order valence-electron chi connectivity index (χ1n) is 5.46. The maximum absolute atomic E-state index is 10.8. The summed E-state index contributed by atoms with van der Waals surface area (Å²) in [5.74, 6) is 0.727. The van der Waals surface area contributed by atoms with Crippen LogP contribution in [0.1, 0.15) is 41.4 Å². The molecule has 0 spiro atoms. The average Bonchev–Trinajstić information content (AvgIpc) is 2.59. The van der Waals surface area contributed by atoms with Crippen LogP contribution in [0.4, 0.5) is 0 Å². The van der Waals surface area contributed by atoms with E-state index in [0.717, 1.165) is 11.3 Å². The number of hydrogen-bond donors (Lipinski definition) is 1. The average molecular weight is 216 g/mol. The predicted molar refractivity (Wildman–Crippen MR) is 58.7 cm³/mol. The summed E-state index contributed by atoms with van der Waals surface area (Å²) in [6, 6.07) is 3.29. The molecule has 4 nitrogen and oxygen atoms in total. The van der Waals surface area contributed by atoms with Gasteiger partial charge in [0.1, 0.15) is 5.82 Å². The van der Waals surface area contributed by atoms with Gasteiger partial charge in [-0.1, -0.05) is 6.42 Å². The van der Waals surface area contributed by atoms with Gasteiger partial charge in [0.2, 0.25) is 0 Å². The Kier molecular flexibility index (Phi) is 1.96. The van der Waals surface area contributed by atoms with E-state index in [1.807, 2.05) is 4.40 Å². The third-order valence-electron chi connectivity index (χ3n) is 3.28. The zero-order chi connectivity index (χ0) is 11.1. The molecule has 2 aromatic rings. The van der Waals surface area contributed by atoms with Crippen LogP contribution in [0.5, 0.6) is 0 Å². The Hall–Kier alpha value is -1.84. The zero-order valence-corrected chi connectivity index (χ0v) is 8.76. The van der Waals surface area contributed by atoms with Crippen molar-refractivity contribution in [3.8, 4) is 0 Å². The smallest absolute Gasteiger partial charge is 0.335 e. The Labute approximate surface area is 92.5 Å². The van der Waals surface area contributed by atoms with Crippen LogP contribution in [0, 0.1) is 0 Å².